The third kappa shape index (κ3) is 3.50. The third-order valence-corrected chi connectivity index (χ3v) is 3.22. The standard InChI is InChI=1S/C16H16FN5O/c1-3-23-16-15(13-4-6-14(17)7-5-13)8-12(9-18-16)10-22-20-11(2)19-21-22/h4-9H,3,10H2,1-2H3. The van der Waals surface area contributed by atoms with E-state index in [-0.39, 0.29) is 5.82 Å². The first-order valence-corrected chi connectivity index (χ1v) is 7.28. The lowest BCUT2D eigenvalue weighted by Gasteiger charge is -2.11. The summed E-state index contributed by atoms with van der Waals surface area (Å²) in [5.74, 6) is 0.853. The van der Waals surface area contributed by atoms with Crippen molar-refractivity contribution in [3.63, 3.8) is 0 Å². The molecular weight excluding hydrogens is 297 g/mol. The average Bonchev–Trinajstić information content (AvgIpc) is 2.95. The fraction of sp³-hybridized carbons (Fsp3) is 0.250. The summed E-state index contributed by atoms with van der Waals surface area (Å²) in [6.07, 6.45) is 1.72. The minimum Gasteiger partial charge on any atom is -0.478 e. The first-order chi connectivity index (χ1) is 11.2. The van der Waals surface area contributed by atoms with E-state index in [4.69, 9.17) is 4.74 Å². The van der Waals surface area contributed by atoms with E-state index in [0.29, 0.717) is 24.9 Å². The molecule has 3 rings (SSSR count). The van der Waals surface area contributed by atoms with Crippen LogP contribution < -0.4 is 4.74 Å². The Balaban J connectivity index is 1.97. The topological polar surface area (TPSA) is 65.7 Å². The van der Waals surface area contributed by atoms with E-state index >= 15 is 0 Å². The van der Waals surface area contributed by atoms with Crippen LogP contribution in [0.5, 0.6) is 5.88 Å². The zero-order valence-corrected chi connectivity index (χ0v) is 12.9. The fourth-order valence-corrected chi connectivity index (χ4v) is 2.22. The predicted molar refractivity (Wildman–Crippen MR) is 82.5 cm³/mol. The maximum atomic E-state index is 13.1. The van der Waals surface area contributed by atoms with Gasteiger partial charge in [0.15, 0.2) is 5.82 Å². The fourth-order valence-electron chi connectivity index (χ4n) is 2.22. The number of aryl methyl sites for hydroxylation is 1. The van der Waals surface area contributed by atoms with Gasteiger partial charge in [0.05, 0.1) is 13.2 Å². The number of pyridine rings is 1. The van der Waals surface area contributed by atoms with E-state index in [0.717, 1.165) is 16.7 Å². The number of aromatic nitrogens is 5. The molecule has 0 bridgehead atoms. The van der Waals surface area contributed by atoms with E-state index < -0.39 is 0 Å². The summed E-state index contributed by atoms with van der Waals surface area (Å²) in [6.45, 7) is 4.63. The summed E-state index contributed by atoms with van der Waals surface area (Å²) in [7, 11) is 0. The van der Waals surface area contributed by atoms with Gasteiger partial charge in [-0.25, -0.2) is 9.37 Å². The van der Waals surface area contributed by atoms with Gasteiger partial charge < -0.3 is 4.74 Å². The van der Waals surface area contributed by atoms with Crippen molar-refractivity contribution in [2.45, 2.75) is 20.4 Å². The second-order valence-corrected chi connectivity index (χ2v) is 5.00. The first-order valence-electron chi connectivity index (χ1n) is 7.28. The van der Waals surface area contributed by atoms with Crippen LogP contribution in [0.3, 0.4) is 0 Å². The van der Waals surface area contributed by atoms with Crippen LogP contribution in [0.15, 0.2) is 36.5 Å². The molecule has 1 aromatic carbocycles. The summed E-state index contributed by atoms with van der Waals surface area (Å²) in [5.41, 5.74) is 2.55. The molecule has 0 radical (unpaired) electrons. The van der Waals surface area contributed by atoms with Crippen molar-refractivity contribution in [1.82, 2.24) is 25.2 Å². The normalized spacial score (nSPS) is 10.7. The molecule has 118 valence electrons. The highest BCUT2D eigenvalue weighted by Gasteiger charge is 2.11. The van der Waals surface area contributed by atoms with E-state index in [1.165, 1.54) is 16.9 Å². The number of hydrogen-bond acceptors (Lipinski definition) is 5. The number of nitrogens with zero attached hydrogens (tertiary/aromatic N) is 5. The van der Waals surface area contributed by atoms with E-state index in [9.17, 15) is 4.39 Å². The van der Waals surface area contributed by atoms with Crippen LogP contribution in [-0.4, -0.2) is 31.8 Å². The second-order valence-electron chi connectivity index (χ2n) is 5.00. The Morgan fingerprint density at radius 3 is 2.65 bits per heavy atom. The van der Waals surface area contributed by atoms with Gasteiger partial charge in [-0.1, -0.05) is 12.1 Å². The van der Waals surface area contributed by atoms with E-state index in [1.54, 1.807) is 25.3 Å². The molecule has 7 heteroatoms. The molecule has 0 unspecified atom stereocenters. The number of halogens is 1. The molecular formula is C16H16FN5O. The zero-order valence-electron chi connectivity index (χ0n) is 12.9. The summed E-state index contributed by atoms with van der Waals surface area (Å²) < 4.78 is 18.7. The van der Waals surface area contributed by atoms with Crippen molar-refractivity contribution in [2.75, 3.05) is 6.61 Å². The molecule has 0 N–H and O–H groups in total. The Bertz CT molecular complexity index is 800. The molecule has 0 amide bonds. The van der Waals surface area contributed by atoms with Gasteiger partial charge in [-0.05, 0) is 48.4 Å². The number of hydrogen-bond donors (Lipinski definition) is 0. The molecule has 0 atom stereocenters. The third-order valence-electron chi connectivity index (χ3n) is 3.22. The highest BCUT2D eigenvalue weighted by Crippen LogP contribution is 2.29. The summed E-state index contributed by atoms with van der Waals surface area (Å²) >= 11 is 0. The Labute approximate surface area is 132 Å². The van der Waals surface area contributed by atoms with Crippen molar-refractivity contribution in [1.29, 1.82) is 0 Å². The molecule has 0 spiro atoms. The molecule has 2 heterocycles. The molecule has 3 aromatic rings. The smallest absolute Gasteiger partial charge is 0.221 e. The molecule has 0 fully saturated rings. The molecule has 0 aliphatic heterocycles. The number of rotatable bonds is 5. The van der Waals surface area contributed by atoms with E-state index in [1.807, 2.05) is 13.0 Å². The Morgan fingerprint density at radius 2 is 2.00 bits per heavy atom. The van der Waals surface area contributed by atoms with Gasteiger partial charge in [-0.3, -0.25) is 0 Å². The minimum absolute atomic E-state index is 0.280. The molecule has 0 aliphatic rings. The lowest BCUT2D eigenvalue weighted by molar-refractivity contribution is 0.328. The molecule has 0 aliphatic carbocycles. The lowest BCUT2D eigenvalue weighted by atomic mass is 10.1. The monoisotopic (exact) mass is 313 g/mol. The highest BCUT2D eigenvalue weighted by molar-refractivity contribution is 5.69. The van der Waals surface area contributed by atoms with Gasteiger partial charge >= 0.3 is 0 Å². The maximum absolute atomic E-state index is 13.1. The highest BCUT2D eigenvalue weighted by atomic mass is 19.1. The Morgan fingerprint density at radius 1 is 1.22 bits per heavy atom. The molecule has 23 heavy (non-hydrogen) atoms. The number of ether oxygens (including phenoxy) is 1. The van der Waals surface area contributed by atoms with Crippen LogP contribution in [0.2, 0.25) is 0 Å². The number of benzene rings is 1. The molecule has 2 aromatic heterocycles. The minimum atomic E-state index is -0.280. The Hall–Kier alpha value is -2.83. The average molecular weight is 313 g/mol. The maximum Gasteiger partial charge on any atom is 0.221 e. The van der Waals surface area contributed by atoms with Crippen LogP contribution in [0.4, 0.5) is 4.39 Å². The summed E-state index contributed by atoms with van der Waals surface area (Å²) in [4.78, 5) is 5.87. The van der Waals surface area contributed by atoms with Crippen LogP contribution in [0, 0.1) is 12.7 Å². The van der Waals surface area contributed by atoms with Crippen molar-refractivity contribution in [3.05, 3.63) is 53.7 Å². The van der Waals surface area contributed by atoms with Crippen molar-refractivity contribution >= 4 is 0 Å². The summed E-state index contributed by atoms with van der Waals surface area (Å²) in [5, 5.41) is 12.0. The van der Waals surface area contributed by atoms with Gasteiger partial charge in [0, 0.05) is 11.8 Å². The van der Waals surface area contributed by atoms with Crippen molar-refractivity contribution < 1.29 is 9.13 Å². The lowest BCUT2D eigenvalue weighted by Crippen LogP contribution is -2.06. The molecule has 6 nitrogen and oxygen atoms in total. The Kier molecular flexibility index (Phi) is 4.27. The van der Waals surface area contributed by atoms with Crippen LogP contribution in [-0.2, 0) is 6.54 Å². The summed E-state index contributed by atoms with van der Waals surface area (Å²) in [6, 6.07) is 8.19. The number of tetrazole rings is 1. The molecule has 0 saturated heterocycles. The predicted octanol–water partition coefficient (Wildman–Crippen LogP) is 2.63. The van der Waals surface area contributed by atoms with Gasteiger partial charge in [-0.15, -0.1) is 10.2 Å². The van der Waals surface area contributed by atoms with Gasteiger partial charge in [0.2, 0.25) is 5.88 Å². The SMILES string of the molecule is CCOc1ncc(Cn2nnc(C)n2)cc1-c1ccc(F)cc1. The van der Waals surface area contributed by atoms with Crippen molar-refractivity contribution in [3.8, 4) is 17.0 Å². The van der Waals surface area contributed by atoms with Gasteiger partial charge in [0.1, 0.15) is 5.82 Å². The van der Waals surface area contributed by atoms with Crippen molar-refractivity contribution in [2.24, 2.45) is 0 Å². The van der Waals surface area contributed by atoms with Crippen LogP contribution >= 0.6 is 0 Å². The quantitative estimate of drug-likeness (QED) is 0.724. The largest absolute Gasteiger partial charge is 0.478 e. The van der Waals surface area contributed by atoms with Crippen LogP contribution in [0.25, 0.3) is 11.1 Å². The second kappa shape index (κ2) is 6.51. The van der Waals surface area contributed by atoms with E-state index in [2.05, 4.69) is 20.4 Å². The van der Waals surface area contributed by atoms with Gasteiger partial charge in [-0.2, -0.15) is 4.80 Å². The van der Waals surface area contributed by atoms with Gasteiger partial charge in [0.25, 0.3) is 0 Å². The zero-order chi connectivity index (χ0) is 16.2. The van der Waals surface area contributed by atoms with Crippen LogP contribution in [0.1, 0.15) is 18.3 Å². The molecule has 0 saturated carbocycles. The first kappa shape index (κ1) is 15.1.